The van der Waals surface area contributed by atoms with Crippen LogP contribution in [0.15, 0.2) is 42.5 Å². The summed E-state index contributed by atoms with van der Waals surface area (Å²) in [5.74, 6) is -1.08. The molecule has 2 aromatic carbocycles. The average molecular weight is 397 g/mol. The maximum Gasteiger partial charge on any atom is 0.337 e. The van der Waals surface area contributed by atoms with Crippen molar-refractivity contribution in [2.75, 3.05) is 12.4 Å². The van der Waals surface area contributed by atoms with E-state index in [2.05, 4.69) is 32.6 Å². The summed E-state index contributed by atoms with van der Waals surface area (Å²) in [6.07, 6.45) is 0. The number of aromatic hydroxyl groups is 1. The first kappa shape index (κ1) is 15.3. The summed E-state index contributed by atoms with van der Waals surface area (Å²) in [5.41, 5.74) is 0.948. The number of methoxy groups -OCH3 is 1. The Morgan fingerprint density at radius 3 is 2.52 bits per heavy atom. The monoisotopic (exact) mass is 397 g/mol. The van der Waals surface area contributed by atoms with Crippen LogP contribution in [0.25, 0.3) is 0 Å². The highest BCUT2D eigenvalue weighted by Gasteiger charge is 2.13. The molecular weight excluding hydrogens is 385 g/mol. The van der Waals surface area contributed by atoms with Crippen LogP contribution in [-0.2, 0) is 4.74 Å². The summed E-state index contributed by atoms with van der Waals surface area (Å²) in [6.45, 7) is 0. The van der Waals surface area contributed by atoms with Crippen molar-refractivity contribution >= 4 is 40.2 Å². The number of halogens is 1. The molecule has 0 saturated carbocycles. The van der Waals surface area contributed by atoms with Gasteiger partial charge in [-0.25, -0.2) is 4.79 Å². The van der Waals surface area contributed by atoms with Crippen LogP contribution < -0.4 is 5.32 Å². The average Bonchev–Trinajstić information content (AvgIpc) is 2.48. The second kappa shape index (κ2) is 6.57. The van der Waals surface area contributed by atoms with Crippen LogP contribution in [0.2, 0.25) is 0 Å². The summed E-state index contributed by atoms with van der Waals surface area (Å²) in [6, 6.07) is 11.3. The Kier molecular flexibility index (Phi) is 4.79. The van der Waals surface area contributed by atoms with Gasteiger partial charge in [-0.2, -0.15) is 0 Å². The topological polar surface area (TPSA) is 75.6 Å². The molecule has 0 atom stereocenters. The van der Waals surface area contributed by atoms with Crippen molar-refractivity contribution in [3.05, 3.63) is 57.2 Å². The number of phenolic OH excluding ortho intramolecular Hbond substituents is 1. The van der Waals surface area contributed by atoms with Gasteiger partial charge in [0, 0.05) is 3.57 Å². The van der Waals surface area contributed by atoms with E-state index in [-0.39, 0.29) is 22.9 Å². The number of anilines is 1. The van der Waals surface area contributed by atoms with E-state index in [9.17, 15) is 14.7 Å². The molecule has 0 spiro atoms. The number of rotatable bonds is 3. The molecule has 2 aromatic rings. The molecule has 2 rings (SSSR count). The van der Waals surface area contributed by atoms with E-state index in [0.717, 1.165) is 3.57 Å². The van der Waals surface area contributed by atoms with Crippen molar-refractivity contribution < 1.29 is 19.4 Å². The van der Waals surface area contributed by atoms with Crippen molar-refractivity contribution in [2.45, 2.75) is 0 Å². The number of ether oxygens (including phenoxy) is 1. The molecule has 0 heterocycles. The van der Waals surface area contributed by atoms with Crippen LogP contribution in [0.5, 0.6) is 5.75 Å². The van der Waals surface area contributed by atoms with Gasteiger partial charge in [-0.15, -0.1) is 0 Å². The molecule has 21 heavy (non-hydrogen) atoms. The molecule has 0 bridgehead atoms. The highest BCUT2D eigenvalue weighted by Crippen LogP contribution is 2.25. The molecule has 6 heteroatoms. The Labute approximate surface area is 135 Å². The number of amides is 1. The molecule has 0 radical (unpaired) electrons. The molecular formula is C15H12INO4. The van der Waals surface area contributed by atoms with E-state index in [0.29, 0.717) is 5.56 Å². The van der Waals surface area contributed by atoms with E-state index >= 15 is 0 Å². The number of benzene rings is 2. The summed E-state index contributed by atoms with van der Waals surface area (Å²) < 4.78 is 5.36. The van der Waals surface area contributed by atoms with Crippen LogP contribution in [0.1, 0.15) is 20.7 Å². The van der Waals surface area contributed by atoms with Crippen molar-refractivity contribution in [3.63, 3.8) is 0 Å². The SMILES string of the molecule is COC(=O)c1ccc(NC(=O)c2ccccc2I)c(O)c1. The quantitative estimate of drug-likeness (QED) is 0.475. The van der Waals surface area contributed by atoms with Crippen LogP contribution in [0, 0.1) is 3.57 Å². The third-order valence-electron chi connectivity index (χ3n) is 2.79. The zero-order valence-corrected chi connectivity index (χ0v) is 13.2. The van der Waals surface area contributed by atoms with Gasteiger partial charge in [-0.3, -0.25) is 4.79 Å². The number of carbonyl (C=O) groups is 2. The van der Waals surface area contributed by atoms with Gasteiger partial charge in [-0.1, -0.05) is 12.1 Å². The van der Waals surface area contributed by atoms with Crippen LogP contribution in [-0.4, -0.2) is 24.1 Å². The number of carbonyl (C=O) groups excluding carboxylic acids is 2. The first-order chi connectivity index (χ1) is 10.0. The number of hydrogen-bond acceptors (Lipinski definition) is 4. The van der Waals surface area contributed by atoms with Crippen molar-refractivity contribution in [1.29, 1.82) is 0 Å². The largest absolute Gasteiger partial charge is 0.506 e. The Morgan fingerprint density at radius 1 is 1.19 bits per heavy atom. The van der Waals surface area contributed by atoms with E-state index < -0.39 is 5.97 Å². The van der Waals surface area contributed by atoms with E-state index in [1.165, 1.54) is 25.3 Å². The maximum absolute atomic E-state index is 12.1. The highest BCUT2D eigenvalue weighted by molar-refractivity contribution is 14.1. The van der Waals surface area contributed by atoms with Gasteiger partial charge in [0.2, 0.25) is 0 Å². The minimum absolute atomic E-state index is 0.197. The lowest BCUT2D eigenvalue weighted by Crippen LogP contribution is -2.13. The first-order valence-electron chi connectivity index (χ1n) is 6.00. The zero-order chi connectivity index (χ0) is 15.4. The molecule has 0 aliphatic carbocycles. The van der Waals surface area contributed by atoms with E-state index in [1.54, 1.807) is 12.1 Å². The smallest absolute Gasteiger partial charge is 0.337 e. The summed E-state index contributed by atoms with van der Waals surface area (Å²) in [5, 5.41) is 12.5. The van der Waals surface area contributed by atoms with Gasteiger partial charge in [0.05, 0.1) is 23.9 Å². The number of nitrogens with one attached hydrogen (secondary N) is 1. The number of phenols is 1. The van der Waals surface area contributed by atoms with Crippen LogP contribution in [0.3, 0.4) is 0 Å². The van der Waals surface area contributed by atoms with Gasteiger partial charge in [0.1, 0.15) is 5.75 Å². The molecule has 0 aliphatic heterocycles. The third kappa shape index (κ3) is 3.52. The van der Waals surface area contributed by atoms with Gasteiger partial charge >= 0.3 is 5.97 Å². The minimum atomic E-state index is -0.555. The van der Waals surface area contributed by atoms with Gasteiger partial charge < -0.3 is 15.2 Å². The Hall–Kier alpha value is -2.09. The fraction of sp³-hybridized carbons (Fsp3) is 0.0667. The second-order valence-corrected chi connectivity index (χ2v) is 5.32. The Morgan fingerprint density at radius 2 is 1.90 bits per heavy atom. The number of hydrogen-bond donors (Lipinski definition) is 2. The van der Waals surface area contributed by atoms with Crippen LogP contribution in [0.4, 0.5) is 5.69 Å². The van der Waals surface area contributed by atoms with E-state index in [4.69, 9.17) is 0 Å². The molecule has 0 unspecified atom stereocenters. The molecule has 0 aliphatic rings. The minimum Gasteiger partial charge on any atom is -0.506 e. The highest BCUT2D eigenvalue weighted by atomic mass is 127. The Bertz CT molecular complexity index is 700. The lowest BCUT2D eigenvalue weighted by atomic mass is 10.1. The number of esters is 1. The molecule has 108 valence electrons. The summed E-state index contributed by atoms with van der Waals surface area (Å²) in [4.78, 5) is 23.5. The predicted octanol–water partition coefficient (Wildman–Crippen LogP) is 3.04. The normalized spacial score (nSPS) is 10.0. The third-order valence-corrected chi connectivity index (χ3v) is 3.73. The van der Waals surface area contributed by atoms with Gasteiger partial charge in [0.25, 0.3) is 5.91 Å². The van der Waals surface area contributed by atoms with E-state index in [1.807, 2.05) is 12.1 Å². The van der Waals surface area contributed by atoms with Crippen LogP contribution >= 0.6 is 22.6 Å². The maximum atomic E-state index is 12.1. The lowest BCUT2D eigenvalue weighted by Gasteiger charge is -2.09. The first-order valence-corrected chi connectivity index (χ1v) is 7.08. The molecule has 0 fully saturated rings. The van der Waals surface area contributed by atoms with Gasteiger partial charge in [0.15, 0.2) is 0 Å². The fourth-order valence-corrected chi connectivity index (χ4v) is 2.35. The van der Waals surface area contributed by atoms with Crippen molar-refractivity contribution in [1.82, 2.24) is 0 Å². The zero-order valence-electron chi connectivity index (χ0n) is 11.1. The molecule has 0 aromatic heterocycles. The molecule has 0 saturated heterocycles. The fourth-order valence-electron chi connectivity index (χ4n) is 1.72. The second-order valence-electron chi connectivity index (χ2n) is 4.16. The van der Waals surface area contributed by atoms with Gasteiger partial charge in [-0.05, 0) is 52.9 Å². The lowest BCUT2D eigenvalue weighted by molar-refractivity contribution is 0.0600. The van der Waals surface area contributed by atoms with Crippen molar-refractivity contribution in [2.24, 2.45) is 0 Å². The summed E-state index contributed by atoms with van der Waals surface area (Å²) in [7, 11) is 1.26. The van der Waals surface area contributed by atoms with Crippen molar-refractivity contribution in [3.8, 4) is 5.75 Å². The molecule has 2 N–H and O–H groups in total. The Balaban J connectivity index is 2.22. The molecule has 5 nitrogen and oxygen atoms in total. The predicted molar refractivity (Wildman–Crippen MR) is 86.6 cm³/mol. The standard InChI is InChI=1S/C15H12INO4/c1-21-15(20)9-6-7-12(13(18)8-9)17-14(19)10-4-2-3-5-11(10)16/h2-8,18H,1H3,(H,17,19). The molecule has 1 amide bonds. The summed E-state index contributed by atoms with van der Waals surface area (Å²) >= 11 is 2.06.